The summed E-state index contributed by atoms with van der Waals surface area (Å²) >= 11 is 0. The maximum absolute atomic E-state index is 12.8. The lowest BCUT2D eigenvalue weighted by Gasteiger charge is -2.30. The average molecular weight is 287 g/mol. The van der Waals surface area contributed by atoms with Gasteiger partial charge in [-0.2, -0.15) is 5.26 Å². The van der Waals surface area contributed by atoms with E-state index >= 15 is 0 Å². The summed E-state index contributed by atoms with van der Waals surface area (Å²) in [7, 11) is 3.76. The molecule has 0 saturated heterocycles. The monoisotopic (exact) mass is 287 g/mol. The van der Waals surface area contributed by atoms with Crippen molar-refractivity contribution < 1.29 is 9.90 Å². The van der Waals surface area contributed by atoms with E-state index in [1.54, 1.807) is 4.90 Å². The minimum absolute atomic E-state index is 0.0359. The van der Waals surface area contributed by atoms with Crippen molar-refractivity contribution in [2.24, 2.45) is 5.41 Å². The predicted octanol–water partition coefficient (Wildman–Crippen LogP) is 1.79. The Kier molecular flexibility index (Phi) is 3.93. The molecule has 5 heteroatoms. The largest absolute Gasteiger partial charge is 0.396 e. The summed E-state index contributed by atoms with van der Waals surface area (Å²) < 4.78 is 0. The van der Waals surface area contributed by atoms with Crippen LogP contribution in [0.15, 0.2) is 18.2 Å². The number of rotatable bonds is 4. The highest BCUT2D eigenvalue weighted by molar-refractivity contribution is 6.04. The van der Waals surface area contributed by atoms with E-state index in [-0.39, 0.29) is 12.5 Å². The first-order valence-corrected chi connectivity index (χ1v) is 6.94. The van der Waals surface area contributed by atoms with E-state index in [4.69, 9.17) is 0 Å². The minimum atomic E-state index is -0.585. The Morgan fingerprint density at radius 1 is 1.43 bits per heavy atom. The number of anilines is 1. The number of amides is 1. The number of carbonyl (C=O) groups is 1. The third kappa shape index (κ3) is 2.59. The van der Waals surface area contributed by atoms with Crippen molar-refractivity contribution in [2.75, 3.05) is 32.1 Å². The van der Waals surface area contributed by atoms with Gasteiger partial charge in [0, 0.05) is 43.9 Å². The summed E-state index contributed by atoms with van der Waals surface area (Å²) in [6.45, 7) is 4.07. The number of carbonyl (C=O) groups excluding carboxylic acids is 1. The topological polar surface area (TPSA) is 67.6 Å². The van der Waals surface area contributed by atoms with Crippen molar-refractivity contribution in [1.82, 2.24) is 4.90 Å². The highest BCUT2D eigenvalue weighted by Crippen LogP contribution is 2.39. The Morgan fingerprint density at radius 3 is 2.62 bits per heavy atom. The fourth-order valence-electron chi connectivity index (χ4n) is 2.63. The fraction of sp³-hybridized carbons (Fsp3) is 0.500. The molecule has 1 heterocycles. The van der Waals surface area contributed by atoms with E-state index in [1.165, 1.54) is 0 Å². The first-order valence-electron chi connectivity index (χ1n) is 6.94. The first-order chi connectivity index (χ1) is 9.82. The summed E-state index contributed by atoms with van der Waals surface area (Å²) in [5.41, 5.74) is 1.73. The molecule has 1 aliphatic heterocycles. The number of nitriles is 1. The van der Waals surface area contributed by atoms with Crippen LogP contribution in [0.3, 0.4) is 0 Å². The van der Waals surface area contributed by atoms with Crippen molar-refractivity contribution in [3.05, 3.63) is 29.3 Å². The standard InChI is InChI=1S/C16H21N3O2/c1-16(2,10-20)9-19-13(8-17)11-6-5-7-12(18(3)4)14(11)15(19)21/h5-7,13,20H,9-10H2,1-4H3. The third-order valence-electron chi connectivity index (χ3n) is 3.79. The SMILES string of the molecule is CN(C)c1cccc2c1C(=O)N(CC(C)(C)CO)C2C#N. The number of aliphatic hydroxyl groups excluding tert-OH is 1. The molecule has 5 nitrogen and oxygen atoms in total. The van der Waals surface area contributed by atoms with Crippen LogP contribution >= 0.6 is 0 Å². The van der Waals surface area contributed by atoms with Crippen molar-refractivity contribution in [3.63, 3.8) is 0 Å². The number of hydrogen-bond acceptors (Lipinski definition) is 4. The molecule has 112 valence electrons. The minimum Gasteiger partial charge on any atom is -0.396 e. The quantitative estimate of drug-likeness (QED) is 0.916. The number of nitrogens with zero attached hydrogens (tertiary/aromatic N) is 3. The number of benzene rings is 1. The lowest BCUT2D eigenvalue weighted by Crippen LogP contribution is -2.38. The van der Waals surface area contributed by atoms with Crippen molar-refractivity contribution in [1.29, 1.82) is 5.26 Å². The molecule has 1 unspecified atom stereocenters. The van der Waals surface area contributed by atoms with Crippen molar-refractivity contribution in [3.8, 4) is 6.07 Å². The van der Waals surface area contributed by atoms with Gasteiger partial charge < -0.3 is 14.9 Å². The Bertz CT molecular complexity index is 602. The molecule has 0 radical (unpaired) electrons. The summed E-state index contributed by atoms with van der Waals surface area (Å²) in [5.74, 6) is -0.137. The van der Waals surface area contributed by atoms with Gasteiger partial charge in [0.2, 0.25) is 0 Å². The Hall–Kier alpha value is -2.06. The van der Waals surface area contributed by atoms with Gasteiger partial charge in [0.15, 0.2) is 0 Å². The van der Waals surface area contributed by atoms with E-state index in [2.05, 4.69) is 6.07 Å². The second-order valence-electron chi connectivity index (χ2n) is 6.42. The van der Waals surface area contributed by atoms with Gasteiger partial charge in [-0.05, 0) is 6.07 Å². The van der Waals surface area contributed by atoms with Crippen LogP contribution in [-0.4, -0.2) is 43.2 Å². The van der Waals surface area contributed by atoms with E-state index in [1.807, 2.05) is 51.0 Å². The number of hydrogen-bond donors (Lipinski definition) is 1. The molecule has 0 bridgehead atoms. The van der Waals surface area contributed by atoms with E-state index < -0.39 is 11.5 Å². The molecule has 1 N–H and O–H groups in total. The molecule has 0 fully saturated rings. The Balaban J connectivity index is 2.49. The van der Waals surface area contributed by atoms with Crippen LogP contribution in [0.5, 0.6) is 0 Å². The van der Waals surface area contributed by atoms with E-state index in [0.29, 0.717) is 12.1 Å². The van der Waals surface area contributed by atoms with Crippen molar-refractivity contribution >= 4 is 11.6 Å². The molecule has 0 aromatic heterocycles. The van der Waals surface area contributed by atoms with Crippen LogP contribution in [-0.2, 0) is 0 Å². The van der Waals surface area contributed by atoms with Crippen LogP contribution in [0.1, 0.15) is 35.8 Å². The van der Waals surface area contributed by atoms with Gasteiger partial charge in [-0.3, -0.25) is 4.79 Å². The van der Waals surface area contributed by atoms with E-state index in [0.717, 1.165) is 11.3 Å². The smallest absolute Gasteiger partial charge is 0.257 e. The molecule has 21 heavy (non-hydrogen) atoms. The zero-order valence-electron chi connectivity index (χ0n) is 12.9. The van der Waals surface area contributed by atoms with E-state index in [9.17, 15) is 15.2 Å². The molecular formula is C16H21N3O2. The molecule has 1 atom stereocenters. The first kappa shape index (κ1) is 15.3. The second-order valence-corrected chi connectivity index (χ2v) is 6.42. The molecule has 1 aliphatic rings. The molecule has 2 rings (SSSR count). The van der Waals surface area contributed by atoms with Crippen LogP contribution < -0.4 is 4.90 Å². The zero-order chi connectivity index (χ0) is 15.8. The van der Waals surface area contributed by atoms with Gasteiger partial charge in [-0.1, -0.05) is 26.0 Å². The fourth-order valence-corrected chi connectivity index (χ4v) is 2.63. The summed E-state index contributed by atoms with van der Waals surface area (Å²) in [4.78, 5) is 16.2. The molecule has 0 saturated carbocycles. The summed E-state index contributed by atoms with van der Waals surface area (Å²) in [5, 5.41) is 18.9. The average Bonchev–Trinajstić information content (AvgIpc) is 2.71. The molecule has 1 aromatic carbocycles. The van der Waals surface area contributed by atoms with Gasteiger partial charge in [0.05, 0.1) is 11.6 Å². The van der Waals surface area contributed by atoms with Gasteiger partial charge in [0.25, 0.3) is 5.91 Å². The van der Waals surface area contributed by atoms with Gasteiger partial charge in [-0.15, -0.1) is 0 Å². The van der Waals surface area contributed by atoms with Crippen molar-refractivity contribution in [2.45, 2.75) is 19.9 Å². The maximum Gasteiger partial charge on any atom is 0.257 e. The van der Waals surface area contributed by atoms with Gasteiger partial charge >= 0.3 is 0 Å². The summed E-state index contributed by atoms with van der Waals surface area (Å²) in [6, 6.07) is 7.22. The Morgan fingerprint density at radius 2 is 2.10 bits per heavy atom. The number of fused-ring (bicyclic) bond motifs is 1. The highest BCUT2D eigenvalue weighted by atomic mass is 16.3. The lowest BCUT2D eigenvalue weighted by molar-refractivity contribution is 0.0591. The summed E-state index contributed by atoms with van der Waals surface area (Å²) in [6.07, 6.45) is 0. The van der Waals surface area contributed by atoms with Crippen LogP contribution in [0.25, 0.3) is 0 Å². The maximum atomic E-state index is 12.8. The molecular weight excluding hydrogens is 266 g/mol. The predicted molar refractivity (Wildman–Crippen MR) is 81.0 cm³/mol. The normalized spacial score (nSPS) is 17.6. The lowest BCUT2D eigenvalue weighted by atomic mass is 9.93. The second kappa shape index (κ2) is 5.38. The molecule has 1 aromatic rings. The van der Waals surface area contributed by atoms with Crippen LogP contribution in [0.4, 0.5) is 5.69 Å². The van der Waals surface area contributed by atoms with Gasteiger partial charge in [0.1, 0.15) is 6.04 Å². The Labute approximate surface area is 125 Å². The molecule has 1 amide bonds. The molecule has 0 aliphatic carbocycles. The van der Waals surface area contributed by atoms with Crippen LogP contribution in [0.2, 0.25) is 0 Å². The number of aliphatic hydroxyl groups is 1. The molecule has 0 spiro atoms. The zero-order valence-corrected chi connectivity index (χ0v) is 12.9. The van der Waals surface area contributed by atoms with Gasteiger partial charge in [-0.25, -0.2) is 0 Å². The van der Waals surface area contributed by atoms with Crippen LogP contribution in [0, 0.1) is 16.7 Å². The third-order valence-corrected chi connectivity index (χ3v) is 3.79. The highest BCUT2D eigenvalue weighted by Gasteiger charge is 2.41.